The number of amides is 1. The summed E-state index contributed by atoms with van der Waals surface area (Å²) in [4.78, 5) is 17.7. The normalized spacial score (nSPS) is 23.3. The van der Waals surface area contributed by atoms with E-state index in [1.165, 1.54) is 0 Å². The number of pyridine rings is 1. The molecule has 7 nitrogen and oxygen atoms in total. The highest BCUT2D eigenvalue weighted by atomic mass is 35.5. The number of carbonyl (C=O) groups excluding carboxylic acids is 1. The van der Waals surface area contributed by atoms with Crippen molar-refractivity contribution in [1.82, 2.24) is 24.5 Å². The maximum Gasteiger partial charge on any atom is 0.251 e. The van der Waals surface area contributed by atoms with Gasteiger partial charge in [0.25, 0.3) is 5.91 Å². The molecule has 0 unspecified atom stereocenters. The second-order valence-corrected chi connectivity index (χ2v) is 10.4. The summed E-state index contributed by atoms with van der Waals surface area (Å²) in [7, 11) is 1.91. The summed E-state index contributed by atoms with van der Waals surface area (Å²) >= 11 is 6.78. The molecule has 3 aromatic heterocycles. The number of aliphatic hydroxyl groups excluding tert-OH is 1. The molecule has 0 aliphatic heterocycles. The predicted octanol–water partition coefficient (Wildman–Crippen LogP) is 4.50. The molecule has 2 bridgehead atoms. The van der Waals surface area contributed by atoms with Gasteiger partial charge in [-0.3, -0.25) is 13.9 Å². The Morgan fingerprint density at radius 2 is 1.91 bits per heavy atom. The Morgan fingerprint density at radius 1 is 1.14 bits per heavy atom. The first-order valence-corrected chi connectivity index (χ1v) is 12.5. The molecule has 3 aliphatic rings. The zero-order valence-corrected chi connectivity index (χ0v) is 20.5. The molecule has 3 saturated carbocycles. The molecule has 4 aromatic rings. The first-order chi connectivity index (χ1) is 16.9. The molecule has 3 aliphatic carbocycles. The summed E-state index contributed by atoms with van der Waals surface area (Å²) in [5.41, 5.74) is 5.71. The van der Waals surface area contributed by atoms with Crippen LogP contribution < -0.4 is 5.32 Å². The molecule has 1 aromatic carbocycles. The smallest absolute Gasteiger partial charge is 0.251 e. The number of halogens is 1. The van der Waals surface area contributed by atoms with Gasteiger partial charge in [0.2, 0.25) is 0 Å². The van der Waals surface area contributed by atoms with Crippen molar-refractivity contribution in [3.05, 3.63) is 65.2 Å². The number of benzene rings is 1. The highest BCUT2D eigenvalue weighted by molar-refractivity contribution is 6.32. The van der Waals surface area contributed by atoms with Gasteiger partial charge in [0.05, 0.1) is 11.8 Å². The number of aryl methyl sites for hydroxylation is 2. The highest BCUT2D eigenvalue weighted by Gasteiger charge is 2.45. The van der Waals surface area contributed by atoms with Crippen LogP contribution in [0.1, 0.15) is 35.3 Å². The van der Waals surface area contributed by atoms with Crippen molar-refractivity contribution in [2.75, 3.05) is 6.54 Å². The third-order valence-electron chi connectivity index (χ3n) is 7.81. The van der Waals surface area contributed by atoms with Crippen molar-refractivity contribution in [2.45, 2.75) is 32.3 Å². The average Bonchev–Trinajstić information content (AvgIpc) is 3.33. The fourth-order valence-corrected chi connectivity index (χ4v) is 6.08. The van der Waals surface area contributed by atoms with Crippen molar-refractivity contribution >= 4 is 23.2 Å². The van der Waals surface area contributed by atoms with Gasteiger partial charge in [-0.2, -0.15) is 5.10 Å². The molecular weight excluding hydrogens is 462 g/mol. The third-order valence-corrected chi connectivity index (χ3v) is 8.17. The standard InChI is InChI=1S/C27H28ClN5O2/c1-15-22(14-32(2)31-15)20-5-3-4-6-21(20)25-26(28)33-8-7-16(12-24(33)30-25)27(35)29-13-19-11-23(34)18-9-17(19)10-18/h3-8,12,14,17-19,23,34H,9-11,13H2,1-2H3,(H,29,35)/t17?,18?,19-,23-/m1/s1. The number of rotatable bonds is 5. The van der Waals surface area contributed by atoms with Crippen molar-refractivity contribution in [3.8, 4) is 22.4 Å². The van der Waals surface area contributed by atoms with Crippen LogP contribution in [0.4, 0.5) is 0 Å². The van der Waals surface area contributed by atoms with E-state index in [1.807, 2.05) is 44.4 Å². The molecule has 0 spiro atoms. The van der Waals surface area contributed by atoms with Crippen LogP contribution >= 0.6 is 11.6 Å². The van der Waals surface area contributed by atoms with Crippen LogP contribution in [0.2, 0.25) is 5.15 Å². The fourth-order valence-electron chi connectivity index (χ4n) is 5.79. The summed E-state index contributed by atoms with van der Waals surface area (Å²) in [5, 5.41) is 18.2. The van der Waals surface area contributed by atoms with E-state index in [4.69, 9.17) is 16.6 Å². The number of carbonyl (C=O) groups is 1. The number of nitrogens with one attached hydrogen (secondary N) is 1. The lowest BCUT2D eigenvalue weighted by Crippen LogP contribution is -2.48. The monoisotopic (exact) mass is 489 g/mol. The third kappa shape index (κ3) is 3.83. The fraction of sp³-hybridized carbons (Fsp3) is 0.370. The predicted molar refractivity (Wildman–Crippen MR) is 135 cm³/mol. The van der Waals surface area contributed by atoms with E-state index in [2.05, 4.69) is 10.4 Å². The van der Waals surface area contributed by atoms with Crippen LogP contribution in [0, 0.1) is 24.7 Å². The lowest BCUT2D eigenvalue weighted by Gasteiger charge is -2.49. The van der Waals surface area contributed by atoms with E-state index in [1.54, 1.807) is 27.4 Å². The van der Waals surface area contributed by atoms with Crippen molar-refractivity contribution in [2.24, 2.45) is 24.8 Å². The number of aromatic nitrogens is 4. The Balaban J connectivity index is 1.28. The molecule has 2 N–H and O–H groups in total. The van der Waals surface area contributed by atoms with Gasteiger partial charge in [0, 0.05) is 42.7 Å². The summed E-state index contributed by atoms with van der Waals surface area (Å²) < 4.78 is 3.60. The first-order valence-electron chi connectivity index (χ1n) is 12.1. The SMILES string of the molecule is Cc1nn(C)cc1-c1ccccc1-c1nc2cc(C(=O)NC[C@H]3C[C@@H](O)C4CC3C4)ccn2c1Cl. The second-order valence-electron chi connectivity index (χ2n) is 10.0. The van der Waals surface area contributed by atoms with Gasteiger partial charge in [0.1, 0.15) is 16.5 Å². The topological polar surface area (TPSA) is 84.5 Å². The van der Waals surface area contributed by atoms with Crippen LogP contribution in [-0.2, 0) is 7.05 Å². The van der Waals surface area contributed by atoms with E-state index in [9.17, 15) is 9.90 Å². The lowest BCUT2D eigenvalue weighted by molar-refractivity contribution is -0.0642. The molecular formula is C27H28ClN5O2. The number of hydrogen-bond acceptors (Lipinski definition) is 4. The summed E-state index contributed by atoms with van der Waals surface area (Å²) in [6.45, 7) is 2.58. The molecule has 7 rings (SSSR count). The van der Waals surface area contributed by atoms with Gasteiger partial charge in [-0.05, 0) is 61.6 Å². The van der Waals surface area contributed by atoms with Gasteiger partial charge in [-0.1, -0.05) is 35.9 Å². The zero-order valence-electron chi connectivity index (χ0n) is 19.8. The maximum absolute atomic E-state index is 12.9. The molecule has 0 saturated heterocycles. The first kappa shape index (κ1) is 22.3. The van der Waals surface area contributed by atoms with Crippen LogP contribution in [0.3, 0.4) is 0 Å². The van der Waals surface area contributed by atoms with E-state index in [0.717, 1.165) is 41.6 Å². The Labute approximate surface area is 208 Å². The number of aliphatic hydroxyl groups is 1. The molecule has 35 heavy (non-hydrogen) atoms. The minimum atomic E-state index is -0.220. The van der Waals surface area contributed by atoms with Crippen LogP contribution in [0.15, 0.2) is 48.8 Å². The number of nitrogens with zero attached hydrogens (tertiary/aromatic N) is 4. The van der Waals surface area contributed by atoms with Gasteiger partial charge >= 0.3 is 0 Å². The molecule has 180 valence electrons. The van der Waals surface area contributed by atoms with E-state index in [-0.39, 0.29) is 12.0 Å². The molecule has 8 heteroatoms. The maximum atomic E-state index is 12.9. The Hall–Kier alpha value is -3.16. The summed E-state index contributed by atoms with van der Waals surface area (Å²) in [6.07, 6.45) is 6.52. The Morgan fingerprint density at radius 3 is 2.63 bits per heavy atom. The van der Waals surface area contributed by atoms with Crippen LogP contribution in [-0.4, -0.2) is 42.8 Å². The van der Waals surface area contributed by atoms with Crippen LogP contribution in [0.25, 0.3) is 28.0 Å². The van der Waals surface area contributed by atoms with Gasteiger partial charge in [0.15, 0.2) is 0 Å². The molecule has 2 atom stereocenters. The van der Waals surface area contributed by atoms with Crippen LogP contribution in [0.5, 0.6) is 0 Å². The zero-order chi connectivity index (χ0) is 24.3. The number of imidazole rings is 1. The van der Waals surface area contributed by atoms with E-state index >= 15 is 0 Å². The Bertz CT molecular complexity index is 1430. The van der Waals surface area contributed by atoms with Crippen molar-refractivity contribution < 1.29 is 9.90 Å². The van der Waals surface area contributed by atoms with Gasteiger partial charge in [-0.15, -0.1) is 0 Å². The number of hydrogen-bond donors (Lipinski definition) is 2. The van der Waals surface area contributed by atoms with Gasteiger partial charge < -0.3 is 10.4 Å². The quantitative estimate of drug-likeness (QED) is 0.432. The average molecular weight is 490 g/mol. The largest absolute Gasteiger partial charge is 0.393 e. The molecule has 1 amide bonds. The summed E-state index contributed by atoms with van der Waals surface area (Å²) in [6, 6.07) is 11.6. The van der Waals surface area contributed by atoms with Crippen molar-refractivity contribution in [3.63, 3.8) is 0 Å². The summed E-state index contributed by atoms with van der Waals surface area (Å²) in [5.74, 6) is 1.32. The molecule has 3 heterocycles. The second kappa shape index (κ2) is 8.50. The van der Waals surface area contributed by atoms with Crippen molar-refractivity contribution in [1.29, 1.82) is 0 Å². The lowest BCUT2D eigenvalue weighted by atomic mass is 9.58. The van der Waals surface area contributed by atoms with E-state index < -0.39 is 0 Å². The minimum absolute atomic E-state index is 0.129. The molecule has 0 radical (unpaired) electrons. The van der Waals surface area contributed by atoms with Gasteiger partial charge in [-0.25, -0.2) is 4.98 Å². The highest BCUT2D eigenvalue weighted by Crippen LogP contribution is 2.48. The minimum Gasteiger partial charge on any atom is -0.393 e. The number of fused-ring (bicyclic) bond motifs is 3. The van der Waals surface area contributed by atoms with E-state index in [0.29, 0.717) is 46.4 Å². The Kier molecular flexibility index (Phi) is 5.42. The molecule has 3 fully saturated rings.